The Hall–Kier alpha value is -2.48. The van der Waals surface area contributed by atoms with Crippen molar-refractivity contribution in [3.8, 4) is 11.3 Å². The summed E-state index contributed by atoms with van der Waals surface area (Å²) in [7, 11) is 1.92. The molecule has 1 aliphatic heterocycles. The molecule has 0 unspecified atom stereocenters. The van der Waals surface area contributed by atoms with Gasteiger partial charge in [-0.2, -0.15) is 10.2 Å². The van der Waals surface area contributed by atoms with Crippen LogP contribution in [0.25, 0.3) is 11.3 Å². The molecule has 8 heteroatoms. The third kappa shape index (κ3) is 2.55. The Bertz CT molecular complexity index is 789. The molecule has 0 saturated carbocycles. The van der Waals surface area contributed by atoms with E-state index in [1.54, 1.807) is 6.33 Å². The van der Waals surface area contributed by atoms with Gasteiger partial charge in [0.25, 0.3) is 0 Å². The molecule has 1 saturated heterocycles. The summed E-state index contributed by atoms with van der Waals surface area (Å²) in [5.41, 5.74) is 2.92. The van der Waals surface area contributed by atoms with E-state index >= 15 is 0 Å². The van der Waals surface area contributed by atoms with Gasteiger partial charge < -0.3 is 4.52 Å². The van der Waals surface area contributed by atoms with E-state index in [0.29, 0.717) is 0 Å². The van der Waals surface area contributed by atoms with Crippen LogP contribution in [0, 0.1) is 6.92 Å². The summed E-state index contributed by atoms with van der Waals surface area (Å²) >= 11 is 0. The number of nitrogens with zero attached hydrogens (tertiary/aromatic N) is 6. The van der Waals surface area contributed by atoms with Crippen LogP contribution in [0.15, 0.2) is 23.1 Å². The van der Waals surface area contributed by atoms with E-state index in [9.17, 15) is 0 Å². The molecular formula is C15H19N7O. The molecule has 1 atom stereocenters. The second-order valence-electron chi connectivity index (χ2n) is 5.94. The monoisotopic (exact) mass is 313 g/mol. The van der Waals surface area contributed by atoms with Gasteiger partial charge in [0.2, 0.25) is 0 Å². The maximum atomic E-state index is 5.54. The summed E-state index contributed by atoms with van der Waals surface area (Å²) in [6.07, 6.45) is 5.61. The fourth-order valence-corrected chi connectivity index (χ4v) is 3.17. The second-order valence-corrected chi connectivity index (χ2v) is 5.94. The van der Waals surface area contributed by atoms with E-state index in [4.69, 9.17) is 4.52 Å². The van der Waals surface area contributed by atoms with Gasteiger partial charge in [-0.3, -0.25) is 14.7 Å². The van der Waals surface area contributed by atoms with Crippen LogP contribution in [0.3, 0.4) is 0 Å². The predicted molar refractivity (Wildman–Crippen MR) is 82.2 cm³/mol. The molecule has 3 aromatic rings. The summed E-state index contributed by atoms with van der Waals surface area (Å²) < 4.78 is 7.37. The van der Waals surface area contributed by atoms with E-state index in [1.807, 2.05) is 30.9 Å². The smallest absolute Gasteiger partial charge is 0.151 e. The number of aromatic nitrogens is 6. The van der Waals surface area contributed by atoms with Crippen molar-refractivity contribution in [2.75, 3.05) is 6.54 Å². The van der Waals surface area contributed by atoms with Crippen molar-refractivity contribution >= 4 is 0 Å². The molecule has 0 amide bonds. The lowest BCUT2D eigenvalue weighted by Crippen LogP contribution is -2.23. The van der Waals surface area contributed by atoms with Gasteiger partial charge in [0.05, 0.1) is 18.8 Å². The first-order valence-corrected chi connectivity index (χ1v) is 7.76. The van der Waals surface area contributed by atoms with Gasteiger partial charge in [-0.15, -0.1) is 0 Å². The van der Waals surface area contributed by atoms with Crippen LogP contribution >= 0.6 is 0 Å². The lowest BCUT2D eigenvalue weighted by molar-refractivity contribution is 0.211. The van der Waals surface area contributed by atoms with Crippen molar-refractivity contribution in [3.63, 3.8) is 0 Å². The highest BCUT2D eigenvalue weighted by molar-refractivity contribution is 5.60. The molecule has 4 rings (SSSR count). The van der Waals surface area contributed by atoms with Crippen LogP contribution in [0.5, 0.6) is 0 Å². The van der Waals surface area contributed by atoms with Gasteiger partial charge in [-0.1, -0.05) is 5.16 Å². The zero-order chi connectivity index (χ0) is 15.8. The van der Waals surface area contributed by atoms with Crippen molar-refractivity contribution in [1.29, 1.82) is 0 Å². The molecule has 0 aromatic carbocycles. The molecule has 23 heavy (non-hydrogen) atoms. The molecule has 1 aliphatic rings. The molecule has 120 valence electrons. The highest BCUT2D eigenvalue weighted by atomic mass is 16.5. The molecule has 8 nitrogen and oxygen atoms in total. The molecule has 0 bridgehead atoms. The minimum Gasteiger partial charge on any atom is -0.359 e. The Balaban J connectivity index is 1.52. The molecule has 1 fully saturated rings. The van der Waals surface area contributed by atoms with E-state index in [0.717, 1.165) is 54.5 Å². The Morgan fingerprint density at radius 2 is 2.35 bits per heavy atom. The van der Waals surface area contributed by atoms with Crippen molar-refractivity contribution in [3.05, 3.63) is 35.9 Å². The lowest BCUT2D eigenvalue weighted by Gasteiger charge is -2.20. The van der Waals surface area contributed by atoms with Gasteiger partial charge in [-0.25, -0.2) is 4.98 Å². The van der Waals surface area contributed by atoms with Crippen LogP contribution < -0.4 is 0 Å². The molecular weight excluding hydrogens is 294 g/mol. The number of likely N-dealkylation sites (tertiary alicyclic amines) is 1. The molecule has 4 heterocycles. The first-order chi connectivity index (χ1) is 11.2. The summed E-state index contributed by atoms with van der Waals surface area (Å²) in [6, 6.07) is 2.27. The predicted octanol–water partition coefficient (Wildman–Crippen LogP) is 1.84. The van der Waals surface area contributed by atoms with Gasteiger partial charge in [0, 0.05) is 24.4 Å². The zero-order valence-corrected chi connectivity index (χ0v) is 13.2. The van der Waals surface area contributed by atoms with Gasteiger partial charge >= 0.3 is 0 Å². The van der Waals surface area contributed by atoms with Gasteiger partial charge in [0.1, 0.15) is 17.8 Å². The Morgan fingerprint density at radius 3 is 3.09 bits per heavy atom. The molecule has 3 aromatic heterocycles. The number of nitrogens with one attached hydrogen (secondary N) is 1. The van der Waals surface area contributed by atoms with Crippen LogP contribution in [0.2, 0.25) is 0 Å². The van der Waals surface area contributed by atoms with Crippen LogP contribution in [0.1, 0.15) is 36.2 Å². The standard InChI is InChI=1S/C15H19N7O/c1-10-12(7-18-21(10)2)13-6-11(23-20-13)8-22-5-3-4-14(22)15-16-9-17-19-15/h6-7,9,14H,3-5,8H2,1-2H3,(H,16,17,19)/t14-/m0/s1. The highest BCUT2D eigenvalue weighted by Gasteiger charge is 2.29. The number of aromatic amines is 1. The van der Waals surface area contributed by atoms with Crippen LogP contribution in [-0.2, 0) is 13.6 Å². The SMILES string of the molecule is Cc1c(-c2cc(CN3CCC[C@H]3c3ncn[nH]3)on2)cnn1C. The van der Waals surface area contributed by atoms with Crippen molar-refractivity contribution in [2.45, 2.75) is 32.4 Å². The number of aryl methyl sites for hydroxylation is 1. The van der Waals surface area contributed by atoms with Crippen LogP contribution in [-0.4, -0.2) is 41.6 Å². The average Bonchev–Trinajstić information content (AvgIpc) is 3.30. The van der Waals surface area contributed by atoms with E-state index in [2.05, 4.69) is 30.3 Å². The van der Waals surface area contributed by atoms with E-state index in [-0.39, 0.29) is 6.04 Å². The average molecular weight is 313 g/mol. The summed E-state index contributed by atoms with van der Waals surface area (Å²) in [6.45, 7) is 3.77. The maximum absolute atomic E-state index is 5.54. The minimum absolute atomic E-state index is 0.270. The van der Waals surface area contributed by atoms with E-state index < -0.39 is 0 Å². The molecule has 0 radical (unpaired) electrons. The normalized spacial score (nSPS) is 18.8. The number of hydrogen-bond acceptors (Lipinski definition) is 6. The first kappa shape index (κ1) is 14.1. The Labute approximate surface area is 133 Å². The van der Waals surface area contributed by atoms with Crippen molar-refractivity contribution in [1.82, 2.24) is 35.0 Å². The molecule has 0 spiro atoms. The number of rotatable bonds is 4. The number of H-pyrrole nitrogens is 1. The Morgan fingerprint density at radius 1 is 1.43 bits per heavy atom. The maximum Gasteiger partial charge on any atom is 0.151 e. The largest absolute Gasteiger partial charge is 0.359 e. The topological polar surface area (TPSA) is 88.7 Å². The summed E-state index contributed by atoms with van der Waals surface area (Å²) in [5.74, 6) is 1.78. The van der Waals surface area contributed by atoms with Gasteiger partial charge in [-0.05, 0) is 26.3 Å². The first-order valence-electron chi connectivity index (χ1n) is 7.76. The third-order valence-corrected chi connectivity index (χ3v) is 4.54. The fraction of sp³-hybridized carbons (Fsp3) is 0.467. The minimum atomic E-state index is 0.270. The number of hydrogen-bond donors (Lipinski definition) is 1. The summed E-state index contributed by atoms with van der Waals surface area (Å²) in [5, 5.41) is 15.4. The molecule has 1 N–H and O–H groups in total. The highest BCUT2D eigenvalue weighted by Crippen LogP contribution is 2.31. The van der Waals surface area contributed by atoms with E-state index in [1.165, 1.54) is 0 Å². The molecule has 0 aliphatic carbocycles. The summed E-state index contributed by atoms with van der Waals surface area (Å²) in [4.78, 5) is 6.64. The van der Waals surface area contributed by atoms with Gasteiger partial charge in [0.15, 0.2) is 5.76 Å². The van der Waals surface area contributed by atoms with Crippen LogP contribution in [0.4, 0.5) is 0 Å². The second kappa shape index (κ2) is 5.62. The lowest BCUT2D eigenvalue weighted by atomic mass is 10.2. The van der Waals surface area contributed by atoms with Crippen molar-refractivity contribution in [2.24, 2.45) is 7.05 Å². The van der Waals surface area contributed by atoms with Crippen molar-refractivity contribution < 1.29 is 4.52 Å². The zero-order valence-electron chi connectivity index (χ0n) is 13.2. The Kier molecular flexibility index (Phi) is 3.45. The quantitative estimate of drug-likeness (QED) is 0.790. The fourth-order valence-electron chi connectivity index (χ4n) is 3.17. The third-order valence-electron chi connectivity index (χ3n) is 4.54.